The predicted octanol–water partition coefficient (Wildman–Crippen LogP) is -1.00. The first-order valence-electron chi connectivity index (χ1n) is 11.1. The summed E-state index contributed by atoms with van der Waals surface area (Å²) in [6.07, 6.45) is -1.93. The number of nitrogens with one attached hydrogen (secondary N) is 3. The van der Waals surface area contributed by atoms with Crippen LogP contribution in [0.1, 0.15) is 39.2 Å². The molecule has 0 saturated heterocycles. The number of carbonyl (C=O) groups is 5. The van der Waals surface area contributed by atoms with Gasteiger partial charge in [-0.2, -0.15) is 0 Å². The van der Waals surface area contributed by atoms with Gasteiger partial charge in [-0.15, -0.1) is 0 Å². The Morgan fingerprint density at radius 3 is 1.91 bits per heavy atom. The number of rotatable bonds is 14. The highest BCUT2D eigenvalue weighted by atomic mass is 16.4. The molecule has 8 N–H and O–H groups in total. The summed E-state index contributed by atoms with van der Waals surface area (Å²) in [5.74, 6) is -5.24. The van der Waals surface area contributed by atoms with E-state index in [-0.39, 0.29) is 18.8 Å². The van der Waals surface area contributed by atoms with Crippen LogP contribution in [0.4, 0.5) is 0 Å². The van der Waals surface area contributed by atoms with E-state index in [0.717, 1.165) is 0 Å². The highest BCUT2D eigenvalue weighted by molar-refractivity contribution is 5.95. The molecule has 0 fully saturated rings. The molecule has 194 valence electrons. The smallest absolute Gasteiger partial charge is 0.326 e. The van der Waals surface area contributed by atoms with E-state index < -0.39 is 66.4 Å². The van der Waals surface area contributed by atoms with Crippen molar-refractivity contribution < 1.29 is 39.3 Å². The fourth-order valence-electron chi connectivity index (χ4n) is 3.23. The lowest BCUT2D eigenvalue weighted by Crippen LogP contribution is -2.60. The van der Waals surface area contributed by atoms with Crippen molar-refractivity contribution in [1.29, 1.82) is 0 Å². The minimum Gasteiger partial charge on any atom is -0.481 e. The Morgan fingerprint density at radius 1 is 0.857 bits per heavy atom. The third kappa shape index (κ3) is 10.5. The molecule has 3 amide bonds. The van der Waals surface area contributed by atoms with Crippen molar-refractivity contribution in [1.82, 2.24) is 16.0 Å². The number of hydrogen-bond acceptors (Lipinski definition) is 7. The number of carbonyl (C=O) groups excluding carboxylic acids is 3. The summed E-state index contributed by atoms with van der Waals surface area (Å²) < 4.78 is 0. The lowest BCUT2D eigenvalue weighted by molar-refractivity contribution is -0.143. The molecule has 0 spiro atoms. The van der Waals surface area contributed by atoms with Gasteiger partial charge in [0.15, 0.2) is 0 Å². The molecule has 5 unspecified atom stereocenters. The lowest BCUT2D eigenvalue weighted by atomic mass is 10.0. The summed E-state index contributed by atoms with van der Waals surface area (Å²) in [7, 11) is 0. The first kappa shape index (κ1) is 29.5. The minimum absolute atomic E-state index is 0.0164. The van der Waals surface area contributed by atoms with Crippen LogP contribution in [0.2, 0.25) is 0 Å². The standard InChI is InChI=1S/C23H34N4O8/c1-12(2)9-17(23(34)35)26-22(33)19(13(3)28)27-21(32)16(10-14-7-5-4-6-8-14)25-20(31)15(24)11-18(29)30/h4-8,12-13,15-17,19,28H,9-11,24H2,1-3H3,(H,25,31)(H,26,33)(H,27,32)(H,29,30)(H,34,35). The van der Waals surface area contributed by atoms with Crippen LogP contribution in [0.25, 0.3) is 0 Å². The second-order valence-corrected chi connectivity index (χ2v) is 8.71. The highest BCUT2D eigenvalue weighted by Gasteiger charge is 2.33. The van der Waals surface area contributed by atoms with Crippen molar-refractivity contribution in [2.45, 2.75) is 70.3 Å². The number of aliphatic hydroxyl groups is 1. The summed E-state index contributed by atoms with van der Waals surface area (Å²) >= 11 is 0. The summed E-state index contributed by atoms with van der Waals surface area (Å²) in [6, 6.07) is 3.17. The first-order chi connectivity index (χ1) is 16.3. The maximum absolute atomic E-state index is 13.1. The van der Waals surface area contributed by atoms with E-state index in [2.05, 4.69) is 16.0 Å². The molecule has 1 aromatic carbocycles. The van der Waals surface area contributed by atoms with Crippen LogP contribution in [0, 0.1) is 5.92 Å². The fourth-order valence-corrected chi connectivity index (χ4v) is 3.23. The average molecular weight is 495 g/mol. The highest BCUT2D eigenvalue weighted by Crippen LogP contribution is 2.08. The molecule has 1 aromatic rings. The maximum atomic E-state index is 13.1. The fraction of sp³-hybridized carbons (Fsp3) is 0.522. The van der Waals surface area contributed by atoms with Crippen LogP contribution in [0.5, 0.6) is 0 Å². The molecular weight excluding hydrogens is 460 g/mol. The second kappa shape index (κ2) is 14.0. The number of nitrogens with two attached hydrogens (primary N) is 1. The zero-order chi connectivity index (χ0) is 26.7. The number of aliphatic carboxylic acids is 2. The van der Waals surface area contributed by atoms with Crippen molar-refractivity contribution in [2.75, 3.05) is 0 Å². The van der Waals surface area contributed by atoms with E-state index in [9.17, 15) is 34.2 Å². The topological polar surface area (TPSA) is 208 Å². The van der Waals surface area contributed by atoms with E-state index >= 15 is 0 Å². The van der Waals surface area contributed by atoms with Crippen molar-refractivity contribution >= 4 is 29.7 Å². The molecule has 0 radical (unpaired) electrons. The number of hydrogen-bond donors (Lipinski definition) is 7. The SMILES string of the molecule is CC(C)CC(NC(=O)C(NC(=O)C(Cc1ccccc1)NC(=O)C(N)CC(=O)O)C(C)O)C(=O)O. The van der Waals surface area contributed by atoms with Crippen LogP contribution in [0.3, 0.4) is 0 Å². The Labute approximate surface area is 203 Å². The van der Waals surface area contributed by atoms with Gasteiger partial charge in [0.2, 0.25) is 17.7 Å². The van der Waals surface area contributed by atoms with Crippen molar-refractivity contribution in [3.05, 3.63) is 35.9 Å². The van der Waals surface area contributed by atoms with E-state index in [4.69, 9.17) is 10.8 Å². The van der Waals surface area contributed by atoms with Gasteiger partial charge in [-0.1, -0.05) is 44.2 Å². The number of benzene rings is 1. The summed E-state index contributed by atoms with van der Waals surface area (Å²) in [5.41, 5.74) is 6.25. The average Bonchev–Trinajstić information content (AvgIpc) is 2.75. The van der Waals surface area contributed by atoms with Gasteiger partial charge in [0, 0.05) is 6.42 Å². The van der Waals surface area contributed by atoms with E-state index in [1.807, 2.05) is 0 Å². The monoisotopic (exact) mass is 494 g/mol. The molecule has 12 heteroatoms. The van der Waals surface area contributed by atoms with Gasteiger partial charge in [0.1, 0.15) is 18.1 Å². The largest absolute Gasteiger partial charge is 0.481 e. The molecular formula is C23H34N4O8. The van der Waals surface area contributed by atoms with Gasteiger partial charge < -0.3 is 37.0 Å². The molecule has 12 nitrogen and oxygen atoms in total. The van der Waals surface area contributed by atoms with Gasteiger partial charge in [-0.05, 0) is 24.8 Å². The molecule has 0 aliphatic heterocycles. The quantitative estimate of drug-likeness (QED) is 0.169. The third-order valence-electron chi connectivity index (χ3n) is 5.03. The molecule has 0 aliphatic carbocycles. The minimum atomic E-state index is -1.51. The zero-order valence-electron chi connectivity index (χ0n) is 19.9. The van der Waals surface area contributed by atoms with Crippen LogP contribution < -0.4 is 21.7 Å². The molecule has 35 heavy (non-hydrogen) atoms. The molecule has 0 saturated carbocycles. The summed E-state index contributed by atoms with van der Waals surface area (Å²) in [4.78, 5) is 60.5. The maximum Gasteiger partial charge on any atom is 0.326 e. The third-order valence-corrected chi connectivity index (χ3v) is 5.03. The number of amides is 3. The molecule has 0 aliphatic rings. The molecule has 5 atom stereocenters. The van der Waals surface area contributed by atoms with Gasteiger partial charge in [0.25, 0.3) is 0 Å². The number of aliphatic hydroxyl groups excluding tert-OH is 1. The van der Waals surface area contributed by atoms with Crippen LogP contribution in [-0.2, 0) is 30.4 Å². The van der Waals surface area contributed by atoms with Crippen LogP contribution >= 0.6 is 0 Å². The lowest BCUT2D eigenvalue weighted by Gasteiger charge is -2.27. The number of carboxylic acid groups (broad SMARTS) is 2. The Kier molecular flexibility index (Phi) is 11.8. The van der Waals surface area contributed by atoms with Gasteiger partial charge in [-0.3, -0.25) is 19.2 Å². The molecule has 1 rings (SSSR count). The van der Waals surface area contributed by atoms with Gasteiger partial charge in [-0.25, -0.2) is 4.79 Å². The number of carboxylic acids is 2. The van der Waals surface area contributed by atoms with Crippen LogP contribution in [0.15, 0.2) is 30.3 Å². The van der Waals surface area contributed by atoms with E-state index in [1.54, 1.807) is 44.2 Å². The van der Waals surface area contributed by atoms with Crippen LogP contribution in [-0.4, -0.2) is 75.3 Å². The Morgan fingerprint density at radius 2 is 1.43 bits per heavy atom. The Balaban J connectivity index is 3.07. The predicted molar refractivity (Wildman–Crippen MR) is 125 cm³/mol. The Bertz CT molecular complexity index is 891. The molecule has 0 bridgehead atoms. The van der Waals surface area contributed by atoms with Gasteiger partial charge in [0.05, 0.1) is 18.6 Å². The summed E-state index contributed by atoms with van der Waals surface area (Å²) in [5, 5.41) is 35.4. The van der Waals surface area contributed by atoms with Crippen molar-refractivity contribution in [2.24, 2.45) is 11.7 Å². The van der Waals surface area contributed by atoms with Crippen molar-refractivity contribution in [3.63, 3.8) is 0 Å². The zero-order valence-corrected chi connectivity index (χ0v) is 19.9. The second-order valence-electron chi connectivity index (χ2n) is 8.71. The van der Waals surface area contributed by atoms with E-state index in [1.165, 1.54) is 6.92 Å². The van der Waals surface area contributed by atoms with Gasteiger partial charge >= 0.3 is 11.9 Å². The van der Waals surface area contributed by atoms with E-state index in [0.29, 0.717) is 5.56 Å². The molecule has 0 heterocycles. The normalized spacial score (nSPS) is 15.3. The summed E-state index contributed by atoms with van der Waals surface area (Å²) in [6.45, 7) is 4.81. The first-order valence-corrected chi connectivity index (χ1v) is 11.1. The Hall–Kier alpha value is -3.51. The van der Waals surface area contributed by atoms with Crippen molar-refractivity contribution in [3.8, 4) is 0 Å². The molecule has 0 aromatic heterocycles.